The Morgan fingerprint density at radius 3 is 2.33 bits per heavy atom. The van der Waals surface area contributed by atoms with Gasteiger partial charge in [0.15, 0.2) is 17.3 Å². The summed E-state index contributed by atoms with van der Waals surface area (Å²) >= 11 is 1.33. The lowest BCUT2D eigenvalue weighted by Crippen LogP contribution is -2.13. The number of ether oxygens (including phenoxy) is 2. The standard InChI is InChI=1S/C15H15NO4S/c1-9(17)10-7-12(19-2)13(20-3)8-11(10)16-15(18)14-5-4-6-21-14/h4-8H,1-3H3,(H,16,18). The molecule has 2 rings (SSSR count). The fourth-order valence-electron chi connectivity index (χ4n) is 1.87. The monoisotopic (exact) mass is 305 g/mol. The van der Waals surface area contributed by atoms with Gasteiger partial charge in [-0.2, -0.15) is 0 Å². The van der Waals surface area contributed by atoms with Crippen LogP contribution in [0.4, 0.5) is 5.69 Å². The van der Waals surface area contributed by atoms with Gasteiger partial charge in [0.05, 0.1) is 24.8 Å². The molecule has 0 spiro atoms. The maximum Gasteiger partial charge on any atom is 0.265 e. The van der Waals surface area contributed by atoms with Crippen molar-refractivity contribution in [2.75, 3.05) is 19.5 Å². The van der Waals surface area contributed by atoms with E-state index in [0.717, 1.165) is 0 Å². The highest BCUT2D eigenvalue weighted by atomic mass is 32.1. The summed E-state index contributed by atoms with van der Waals surface area (Å²) in [5.74, 6) is 0.456. The van der Waals surface area contributed by atoms with Gasteiger partial charge in [0, 0.05) is 11.6 Å². The predicted molar refractivity (Wildman–Crippen MR) is 81.8 cm³/mol. The van der Waals surface area contributed by atoms with Crippen molar-refractivity contribution in [2.45, 2.75) is 6.92 Å². The van der Waals surface area contributed by atoms with Crippen LogP contribution in [0.15, 0.2) is 29.6 Å². The molecule has 0 radical (unpaired) electrons. The van der Waals surface area contributed by atoms with E-state index < -0.39 is 0 Å². The maximum absolute atomic E-state index is 12.1. The second kappa shape index (κ2) is 6.41. The van der Waals surface area contributed by atoms with Crippen LogP contribution in [0.25, 0.3) is 0 Å². The van der Waals surface area contributed by atoms with Crippen molar-refractivity contribution in [3.8, 4) is 11.5 Å². The highest BCUT2D eigenvalue weighted by molar-refractivity contribution is 7.12. The van der Waals surface area contributed by atoms with Crippen molar-refractivity contribution < 1.29 is 19.1 Å². The molecule has 110 valence electrons. The molecule has 0 saturated carbocycles. The van der Waals surface area contributed by atoms with Crippen molar-refractivity contribution in [3.63, 3.8) is 0 Å². The third kappa shape index (κ3) is 3.22. The van der Waals surface area contributed by atoms with Crippen LogP contribution in [0.1, 0.15) is 27.0 Å². The number of anilines is 1. The summed E-state index contributed by atoms with van der Waals surface area (Å²) in [6, 6.07) is 6.65. The molecule has 0 bridgehead atoms. The lowest BCUT2D eigenvalue weighted by molar-refractivity contribution is 0.101. The van der Waals surface area contributed by atoms with Gasteiger partial charge in [-0.25, -0.2) is 0 Å². The number of amides is 1. The molecule has 0 aliphatic rings. The highest BCUT2D eigenvalue weighted by Crippen LogP contribution is 2.34. The van der Waals surface area contributed by atoms with Gasteiger partial charge in [-0.15, -0.1) is 11.3 Å². The summed E-state index contributed by atoms with van der Waals surface area (Å²) in [7, 11) is 2.99. The van der Waals surface area contributed by atoms with Gasteiger partial charge >= 0.3 is 0 Å². The third-order valence-corrected chi connectivity index (χ3v) is 3.76. The number of rotatable bonds is 5. The van der Waals surface area contributed by atoms with Gasteiger partial charge in [0.1, 0.15) is 0 Å². The summed E-state index contributed by atoms with van der Waals surface area (Å²) in [6.07, 6.45) is 0. The molecule has 0 atom stereocenters. The average Bonchev–Trinajstić information content (AvgIpc) is 3.00. The Morgan fingerprint density at radius 1 is 1.14 bits per heavy atom. The van der Waals surface area contributed by atoms with Crippen molar-refractivity contribution in [2.24, 2.45) is 0 Å². The summed E-state index contributed by atoms with van der Waals surface area (Å²) in [5, 5.41) is 4.55. The molecule has 21 heavy (non-hydrogen) atoms. The molecule has 0 saturated heterocycles. The van der Waals surface area contributed by atoms with E-state index in [9.17, 15) is 9.59 Å². The summed E-state index contributed by atoms with van der Waals surface area (Å²) in [6.45, 7) is 1.43. The van der Waals surface area contributed by atoms with E-state index in [0.29, 0.717) is 27.6 Å². The lowest BCUT2D eigenvalue weighted by Gasteiger charge is -2.14. The van der Waals surface area contributed by atoms with Gasteiger partial charge in [-0.1, -0.05) is 6.07 Å². The molecule has 0 unspecified atom stereocenters. The predicted octanol–water partition coefficient (Wildman–Crippen LogP) is 3.22. The number of benzene rings is 1. The van der Waals surface area contributed by atoms with Gasteiger partial charge in [0.2, 0.25) is 0 Å². The van der Waals surface area contributed by atoms with Crippen LogP contribution in [0.3, 0.4) is 0 Å². The van der Waals surface area contributed by atoms with E-state index in [1.807, 2.05) is 5.38 Å². The normalized spacial score (nSPS) is 10.0. The first-order valence-corrected chi connectivity index (χ1v) is 7.06. The van der Waals surface area contributed by atoms with Crippen molar-refractivity contribution in [1.82, 2.24) is 0 Å². The van der Waals surface area contributed by atoms with Crippen molar-refractivity contribution in [1.29, 1.82) is 0 Å². The third-order valence-electron chi connectivity index (χ3n) is 2.90. The first-order chi connectivity index (χ1) is 10.1. The van der Waals surface area contributed by atoms with Gasteiger partial charge in [-0.05, 0) is 24.4 Å². The number of carbonyl (C=O) groups is 2. The van der Waals surface area contributed by atoms with Crippen LogP contribution < -0.4 is 14.8 Å². The molecule has 1 aromatic heterocycles. The van der Waals surface area contributed by atoms with E-state index in [1.54, 1.807) is 24.3 Å². The Balaban J connectivity index is 2.41. The highest BCUT2D eigenvalue weighted by Gasteiger charge is 2.17. The van der Waals surface area contributed by atoms with E-state index >= 15 is 0 Å². The van der Waals surface area contributed by atoms with Crippen LogP contribution in [0, 0.1) is 0 Å². The molecular weight excluding hydrogens is 290 g/mol. The number of nitrogens with one attached hydrogen (secondary N) is 1. The Hall–Kier alpha value is -2.34. The second-order valence-corrected chi connectivity index (χ2v) is 5.19. The zero-order valence-electron chi connectivity index (χ0n) is 11.9. The average molecular weight is 305 g/mol. The molecule has 6 heteroatoms. The molecule has 5 nitrogen and oxygen atoms in total. The number of hydrogen-bond acceptors (Lipinski definition) is 5. The topological polar surface area (TPSA) is 64.6 Å². The maximum atomic E-state index is 12.1. The molecular formula is C15H15NO4S. The molecule has 0 fully saturated rings. The fourth-order valence-corrected chi connectivity index (χ4v) is 2.48. The number of methoxy groups -OCH3 is 2. The minimum atomic E-state index is -0.264. The fraction of sp³-hybridized carbons (Fsp3) is 0.200. The SMILES string of the molecule is COc1cc(NC(=O)c2cccs2)c(C(C)=O)cc1OC. The molecule has 1 amide bonds. The lowest BCUT2D eigenvalue weighted by atomic mass is 10.1. The zero-order valence-corrected chi connectivity index (χ0v) is 12.7. The largest absolute Gasteiger partial charge is 0.493 e. The number of hydrogen-bond donors (Lipinski definition) is 1. The van der Waals surface area contributed by atoms with Crippen LogP contribution in [0.2, 0.25) is 0 Å². The summed E-state index contributed by atoms with van der Waals surface area (Å²) < 4.78 is 10.4. The number of Topliss-reactive ketones (excluding diaryl/α,β-unsaturated/α-hetero) is 1. The number of carbonyl (C=O) groups excluding carboxylic acids is 2. The van der Waals surface area contributed by atoms with Crippen LogP contribution in [-0.4, -0.2) is 25.9 Å². The molecule has 2 aromatic rings. The van der Waals surface area contributed by atoms with E-state index in [2.05, 4.69) is 5.32 Å². The smallest absolute Gasteiger partial charge is 0.265 e. The second-order valence-electron chi connectivity index (χ2n) is 4.24. The van der Waals surface area contributed by atoms with Gasteiger partial charge in [0.25, 0.3) is 5.91 Å². The van der Waals surface area contributed by atoms with Gasteiger partial charge < -0.3 is 14.8 Å². The minimum absolute atomic E-state index is 0.169. The minimum Gasteiger partial charge on any atom is -0.493 e. The zero-order chi connectivity index (χ0) is 15.4. The van der Waals surface area contributed by atoms with Crippen LogP contribution >= 0.6 is 11.3 Å². The molecule has 0 aliphatic carbocycles. The van der Waals surface area contributed by atoms with E-state index in [4.69, 9.17) is 9.47 Å². The Morgan fingerprint density at radius 2 is 1.81 bits per heavy atom. The van der Waals surface area contributed by atoms with E-state index in [-0.39, 0.29) is 11.7 Å². The Kier molecular flexibility index (Phi) is 4.59. The van der Waals surface area contributed by atoms with Crippen LogP contribution in [0.5, 0.6) is 11.5 Å². The van der Waals surface area contributed by atoms with Gasteiger partial charge in [-0.3, -0.25) is 9.59 Å². The van der Waals surface area contributed by atoms with Crippen molar-refractivity contribution in [3.05, 3.63) is 40.1 Å². The number of thiophene rings is 1. The summed E-state index contributed by atoms with van der Waals surface area (Å²) in [4.78, 5) is 24.4. The molecule has 1 aromatic carbocycles. The van der Waals surface area contributed by atoms with Crippen molar-refractivity contribution >= 4 is 28.7 Å². The number of ketones is 1. The summed E-state index contributed by atoms with van der Waals surface area (Å²) in [5.41, 5.74) is 0.774. The molecule has 1 heterocycles. The van der Waals surface area contributed by atoms with Crippen LogP contribution in [-0.2, 0) is 0 Å². The first kappa shape index (κ1) is 15.1. The molecule has 1 N–H and O–H groups in total. The first-order valence-electron chi connectivity index (χ1n) is 6.18. The Bertz CT molecular complexity index is 665. The van der Waals surface area contributed by atoms with E-state index in [1.165, 1.54) is 32.5 Å². The Labute approximate surface area is 126 Å². The molecule has 0 aliphatic heterocycles. The quantitative estimate of drug-likeness (QED) is 0.861.